The van der Waals surface area contributed by atoms with Crippen LogP contribution in [-0.2, 0) is 9.36 Å². The van der Waals surface area contributed by atoms with Crippen LogP contribution in [0.3, 0.4) is 0 Å². The van der Waals surface area contributed by atoms with Gasteiger partial charge in [-0.05, 0) is 6.42 Å². The first-order chi connectivity index (χ1) is 8.48. The van der Waals surface area contributed by atoms with Gasteiger partial charge in [-0.1, -0.05) is 51.9 Å². The zero-order chi connectivity index (χ0) is 13.9. The van der Waals surface area contributed by atoms with Crippen molar-refractivity contribution in [3.05, 3.63) is 0 Å². The highest BCUT2D eigenvalue weighted by atomic mass is 31.2. The van der Waals surface area contributed by atoms with Gasteiger partial charge >= 0.3 is 5.97 Å². The van der Waals surface area contributed by atoms with E-state index in [9.17, 15) is 14.3 Å². The van der Waals surface area contributed by atoms with Crippen LogP contribution in [0.1, 0.15) is 64.7 Å². The molecule has 0 bridgehead atoms. The van der Waals surface area contributed by atoms with E-state index >= 15 is 0 Å². The van der Waals surface area contributed by atoms with Gasteiger partial charge in [0.15, 0.2) is 0 Å². The minimum absolute atomic E-state index is 0.0845. The van der Waals surface area contributed by atoms with Crippen molar-refractivity contribution in [2.24, 2.45) is 0 Å². The van der Waals surface area contributed by atoms with Gasteiger partial charge in [0.1, 0.15) is 0 Å². The lowest BCUT2D eigenvalue weighted by atomic mass is 10.1. The lowest BCUT2D eigenvalue weighted by Crippen LogP contribution is -2.02. The van der Waals surface area contributed by atoms with Crippen molar-refractivity contribution < 1.29 is 19.4 Å². The van der Waals surface area contributed by atoms with Crippen molar-refractivity contribution in [2.75, 3.05) is 12.3 Å². The summed E-state index contributed by atoms with van der Waals surface area (Å²) in [5.41, 5.74) is 0. The molecular formula is C13H27O4P. The molecule has 0 aliphatic rings. The molecule has 0 saturated carbocycles. The maximum atomic E-state index is 11.6. The summed E-state index contributed by atoms with van der Waals surface area (Å²) < 4.78 is 11.6. The third-order valence-electron chi connectivity index (χ3n) is 3.04. The number of rotatable bonds is 12. The molecule has 0 aliphatic carbocycles. The van der Waals surface area contributed by atoms with E-state index < -0.39 is 13.3 Å². The Morgan fingerprint density at radius 3 is 1.94 bits per heavy atom. The first kappa shape index (κ1) is 17.7. The maximum absolute atomic E-state index is 11.6. The lowest BCUT2D eigenvalue weighted by molar-refractivity contribution is -0.136. The zero-order valence-corrected chi connectivity index (χ0v) is 12.3. The highest BCUT2D eigenvalue weighted by Gasteiger charge is 2.18. The molecule has 1 atom stereocenters. The van der Waals surface area contributed by atoms with E-state index in [1.54, 1.807) is 0 Å². The minimum atomic E-state index is -3.19. The van der Waals surface area contributed by atoms with Crippen LogP contribution >= 0.6 is 7.37 Å². The van der Waals surface area contributed by atoms with Crippen LogP contribution in [0.5, 0.6) is 0 Å². The third kappa shape index (κ3) is 12.1. The molecule has 5 heteroatoms. The predicted octanol–water partition coefficient (Wildman–Crippen LogP) is 3.87. The van der Waals surface area contributed by atoms with Gasteiger partial charge in [-0.2, -0.15) is 0 Å². The molecule has 0 saturated heterocycles. The van der Waals surface area contributed by atoms with E-state index in [2.05, 4.69) is 6.92 Å². The standard InChI is InChI=1S/C13H27O4P/c1-2-3-4-5-6-7-8-9-11-18(16,17)12-10-13(14)15/h2-12H2,1H3,(H,14,15)(H,16,17). The molecule has 0 amide bonds. The van der Waals surface area contributed by atoms with Crippen LogP contribution in [0.4, 0.5) is 0 Å². The molecule has 4 nitrogen and oxygen atoms in total. The fourth-order valence-electron chi connectivity index (χ4n) is 1.87. The molecule has 108 valence electrons. The molecule has 0 heterocycles. The average molecular weight is 278 g/mol. The SMILES string of the molecule is CCCCCCCCCCP(=O)(O)CCC(=O)O. The number of hydrogen-bond acceptors (Lipinski definition) is 2. The Morgan fingerprint density at radius 1 is 0.944 bits per heavy atom. The molecule has 2 N–H and O–H groups in total. The van der Waals surface area contributed by atoms with Gasteiger partial charge in [0.25, 0.3) is 0 Å². The van der Waals surface area contributed by atoms with E-state index in [4.69, 9.17) is 5.11 Å². The summed E-state index contributed by atoms with van der Waals surface area (Å²) in [6.45, 7) is 2.19. The number of hydrogen-bond donors (Lipinski definition) is 2. The fourth-order valence-corrected chi connectivity index (χ4v) is 3.36. The Balaban J connectivity index is 3.41. The second-order valence-corrected chi connectivity index (χ2v) is 7.50. The molecule has 0 aromatic heterocycles. The van der Waals surface area contributed by atoms with Gasteiger partial charge in [-0.25, -0.2) is 0 Å². The molecule has 0 radical (unpaired) electrons. The second kappa shape index (κ2) is 10.6. The van der Waals surface area contributed by atoms with E-state index in [0.717, 1.165) is 19.3 Å². The van der Waals surface area contributed by atoms with Crippen molar-refractivity contribution in [2.45, 2.75) is 64.7 Å². The summed E-state index contributed by atoms with van der Waals surface area (Å²) in [5, 5.41) is 8.46. The molecule has 0 rings (SSSR count). The summed E-state index contributed by atoms with van der Waals surface area (Å²) in [5.74, 6) is -1.000. The number of carboxylic acids is 1. The predicted molar refractivity (Wildman–Crippen MR) is 74.4 cm³/mol. The van der Waals surface area contributed by atoms with Crippen LogP contribution in [-0.4, -0.2) is 28.3 Å². The largest absolute Gasteiger partial charge is 0.481 e. The van der Waals surface area contributed by atoms with Crippen LogP contribution in [0.2, 0.25) is 0 Å². The van der Waals surface area contributed by atoms with Gasteiger partial charge in [0.05, 0.1) is 6.42 Å². The van der Waals surface area contributed by atoms with Crippen molar-refractivity contribution >= 4 is 13.3 Å². The first-order valence-electron chi connectivity index (χ1n) is 7.00. The van der Waals surface area contributed by atoms with Gasteiger partial charge in [0, 0.05) is 12.3 Å². The van der Waals surface area contributed by atoms with Crippen LogP contribution < -0.4 is 0 Å². The quantitative estimate of drug-likeness (QED) is 0.420. The molecule has 0 aromatic rings. The number of carbonyl (C=O) groups is 1. The fraction of sp³-hybridized carbons (Fsp3) is 0.923. The number of aliphatic carboxylic acids is 1. The summed E-state index contributed by atoms with van der Waals surface area (Å²) in [4.78, 5) is 19.8. The zero-order valence-electron chi connectivity index (χ0n) is 11.4. The maximum Gasteiger partial charge on any atom is 0.303 e. The normalized spacial score (nSPS) is 14.3. The molecule has 0 aliphatic heterocycles. The Bertz CT molecular complexity index is 266. The molecular weight excluding hydrogens is 251 g/mol. The van der Waals surface area contributed by atoms with Crippen molar-refractivity contribution in [3.8, 4) is 0 Å². The molecule has 0 fully saturated rings. The Kier molecular flexibility index (Phi) is 10.4. The van der Waals surface area contributed by atoms with Gasteiger partial charge < -0.3 is 10.00 Å². The van der Waals surface area contributed by atoms with Gasteiger partial charge in [-0.3, -0.25) is 9.36 Å². The van der Waals surface area contributed by atoms with E-state index in [1.165, 1.54) is 32.1 Å². The summed E-state index contributed by atoms with van der Waals surface area (Å²) in [6, 6.07) is 0. The summed E-state index contributed by atoms with van der Waals surface area (Å²) in [6.07, 6.45) is 9.09. The Hall–Kier alpha value is -0.340. The molecule has 0 aromatic carbocycles. The highest BCUT2D eigenvalue weighted by Crippen LogP contribution is 2.42. The smallest absolute Gasteiger partial charge is 0.303 e. The van der Waals surface area contributed by atoms with Gasteiger partial charge in [0.2, 0.25) is 7.37 Å². The Labute approximate surface area is 110 Å². The average Bonchev–Trinajstić information content (AvgIpc) is 2.30. The topological polar surface area (TPSA) is 74.6 Å². The molecule has 1 unspecified atom stereocenters. The molecule has 18 heavy (non-hydrogen) atoms. The first-order valence-corrected chi connectivity index (χ1v) is 9.03. The second-order valence-electron chi connectivity index (χ2n) is 4.91. The van der Waals surface area contributed by atoms with Crippen molar-refractivity contribution in [3.63, 3.8) is 0 Å². The van der Waals surface area contributed by atoms with E-state index in [-0.39, 0.29) is 18.7 Å². The summed E-state index contributed by atoms with van der Waals surface area (Å²) >= 11 is 0. The third-order valence-corrected chi connectivity index (χ3v) is 4.97. The van der Waals surface area contributed by atoms with E-state index in [1.807, 2.05) is 0 Å². The number of unbranched alkanes of at least 4 members (excludes halogenated alkanes) is 7. The van der Waals surface area contributed by atoms with Crippen molar-refractivity contribution in [1.82, 2.24) is 0 Å². The minimum Gasteiger partial charge on any atom is -0.481 e. The lowest BCUT2D eigenvalue weighted by Gasteiger charge is -2.09. The number of carboxylic acid groups (broad SMARTS) is 1. The Morgan fingerprint density at radius 2 is 1.44 bits per heavy atom. The van der Waals surface area contributed by atoms with Crippen LogP contribution in [0.15, 0.2) is 0 Å². The summed E-state index contributed by atoms with van der Waals surface area (Å²) in [7, 11) is -3.19. The van der Waals surface area contributed by atoms with Crippen molar-refractivity contribution in [1.29, 1.82) is 0 Å². The van der Waals surface area contributed by atoms with E-state index in [0.29, 0.717) is 0 Å². The van der Waals surface area contributed by atoms with Crippen LogP contribution in [0.25, 0.3) is 0 Å². The molecule has 0 spiro atoms. The van der Waals surface area contributed by atoms with Crippen LogP contribution in [0, 0.1) is 0 Å². The monoisotopic (exact) mass is 278 g/mol. The highest BCUT2D eigenvalue weighted by molar-refractivity contribution is 7.58. The van der Waals surface area contributed by atoms with Gasteiger partial charge in [-0.15, -0.1) is 0 Å².